The number of rotatable bonds is 2. The predicted molar refractivity (Wildman–Crippen MR) is 72.1 cm³/mol. The highest BCUT2D eigenvalue weighted by molar-refractivity contribution is 6.32. The second-order valence-electron chi connectivity index (χ2n) is 6.76. The maximum Gasteiger partial charge on any atom is 0.256 e. The van der Waals surface area contributed by atoms with Gasteiger partial charge in [0, 0.05) is 5.54 Å². The number of hydrogen-bond donors (Lipinski definition) is 1. The zero-order valence-electron chi connectivity index (χ0n) is 10.8. The number of hydrogen-bond acceptors (Lipinski definition) is 2. The second kappa shape index (κ2) is 4.02. The van der Waals surface area contributed by atoms with Gasteiger partial charge in [-0.2, -0.15) is 0 Å². The van der Waals surface area contributed by atoms with Crippen LogP contribution in [0.5, 0.6) is 0 Å². The molecule has 102 valence electrons. The summed E-state index contributed by atoms with van der Waals surface area (Å²) in [5, 5.41) is 3.48. The van der Waals surface area contributed by atoms with E-state index >= 15 is 0 Å². The van der Waals surface area contributed by atoms with Gasteiger partial charge in [0.2, 0.25) is 5.22 Å². The van der Waals surface area contributed by atoms with Crippen LogP contribution in [0.25, 0.3) is 0 Å². The number of furan rings is 1. The van der Waals surface area contributed by atoms with Crippen LogP contribution in [0.4, 0.5) is 0 Å². The van der Waals surface area contributed by atoms with Crippen molar-refractivity contribution in [1.82, 2.24) is 5.32 Å². The normalized spacial score (nSPS) is 39.5. The molecule has 4 bridgehead atoms. The lowest BCUT2D eigenvalue weighted by Gasteiger charge is -2.56. The molecule has 5 rings (SSSR count). The summed E-state index contributed by atoms with van der Waals surface area (Å²) >= 11 is 5.89. The Balaban J connectivity index is 1.56. The summed E-state index contributed by atoms with van der Waals surface area (Å²) in [6.45, 7) is 0. The fourth-order valence-electron chi connectivity index (χ4n) is 5.03. The molecule has 0 aromatic carbocycles. The Morgan fingerprint density at radius 3 is 2.26 bits per heavy atom. The average molecular weight is 280 g/mol. The molecular weight excluding hydrogens is 262 g/mol. The standard InChI is InChI=1S/C15H18ClNO2/c16-13-12(1-2-19-13)14(18)17-15-6-9-3-10(7-15)5-11(4-9)8-15/h1-2,9-11H,3-8H2,(H,17,18). The summed E-state index contributed by atoms with van der Waals surface area (Å²) in [7, 11) is 0. The van der Waals surface area contributed by atoms with Gasteiger partial charge in [-0.3, -0.25) is 4.79 Å². The molecule has 4 aliphatic rings. The summed E-state index contributed by atoms with van der Waals surface area (Å²) in [6, 6.07) is 1.65. The Bertz CT molecular complexity index is 487. The molecule has 4 saturated carbocycles. The van der Waals surface area contributed by atoms with Crippen LogP contribution in [0.2, 0.25) is 5.22 Å². The summed E-state index contributed by atoms with van der Waals surface area (Å²) in [4.78, 5) is 12.4. The number of carbonyl (C=O) groups is 1. The second-order valence-corrected chi connectivity index (χ2v) is 7.10. The van der Waals surface area contributed by atoms with Gasteiger partial charge < -0.3 is 9.73 Å². The van der Waals surface area contributed by atoms with E-state index < -0.39 is 0 Å². The molecule has 1 N–H and O–H groups in total. The van der Waals surface area contributed by atoms with Crippen molar-refractivity contribution in [2.24, 2.45) is 17.8 Å². The molecule has 0 atom stereocenters. The SMILES string of the molecule is O=C(NC12CC3CC(CC(C3)C1)C2)c1ccoc1Cl. The minimum Gasteiger partial charge on any atom is -0.452 e. The third-order valence-corrected chi connectivity index (χ3v) is 5.57. The lowest BCUT2D eigenvalue weighted by atomic mass is 9.53. The highest BCUT2D eigenvalue weighted by Crippen LogP contribution is 2.55. The molecule has 1 heterocycles. The molecule has 0 unspecified atom stereocenters. The highest BCUT2D eigenvalue weighted by Gasteiger charge is 2.51. The van der Waals surface area contributed by atoms with Crippen molar-refractivity contribution in [2.75, 3.05) is 0 Å². The average Bonchev–Trinajstić information content (AvgIpc) is 2.72. The molecule has 1 amide bonds. The summed E-state index contributed by atoms with van der Waals surface area (Å²) in [5.41, 5.74) is 0.504. The van der Waals surface area contributed by atoms with Gasteiger partial charge in [-0.05, 0) is 73.9 Å². The Morgan fingerprint density at radius 2 is 1.79 bits per heavy atom. The Hall–Kier alpha value is -0.960. The molecule has 0 aliphatic heterocycles. The third-order valence-electron chi connectivity index (χ3n) is 5.28. The van der Waals surface area contributed by atoms with Crippen molar-refractivity contribution in [3.8, 4) is 0 Å². The molecular formula is C15H18ClNO2. The molecule has 0 spiro atoms. The zero-order valence-corrected chi connectivity index (χ0v) is 11.6. The predicted octanol–water partition coefficient (Wildman–Crippen LogP) is 3.63. The van der Waals surface area contributed by atoms with Gasteiger partial charge in [0.25, 0.3) is 5.91 Å². The van der Waals surface area contributed by atoms with Gasteiger partial charge in [0.15, 0.2) is 0 Å². The van der Waals surface area contributed by atoms with Crippen LogP contribution in [0.3, 0.4) is 0 Å². The first-order valence-corrected chi connectivity index (χ1v) is 7.57. The Morgan fingerprint density at radius 1 is 1.21 bits per heavy atom. The number of halogens is 1. The molecule has 4 fully saturated rings. The number of nitrogens with one attached hydrogen (secondary N) is 1. The van der Waals surface area contributed by atoms with Crippen molar-refractivity contribution < 1.29 is 9.21 Å². The van der Waals surface area contributed by atoms with Crippen LogP contribution in [-0.2, 0) is 0 Å². The lowest BCUT2D eigenvalue weighted by molar-refractivity contribution is -0.0167. The zero-order chi connectivity index (χ0) is 13.0. The lowest BCUT2D eigenvalue weighted by Crippen LogP contribution is -2.59. The van der Waals surface area contributed by atoms with Crippen molar-refractivity contribution in [2.45, 2.75) is 44.1 Å². The molecule has 3 nitrogen and oxygen atoms in total. The van der Waals surface area contributed by atoms with Gasteiger partial charge in [-0.25, -0.2) is 0 Å². The summed E-state index contributed by atoms with van der Waals surface area (Å²) in [6.07, 6.45) is 9.06. The van der Waals surface area contributed by atoms with Gasteiger partial charge >= 0.3 is 0 Å². The first-order valence-electron chi connectivity index (χ1n) is 7.19. The van der Waals surface area contributed by atoms with E-state index in [1.807, 2.05) is 0 Å². The van der Waals surface area contributed by atoms with Gasteiger partial charge in [-0.1, -0.05) is 0 Å². The molecule has 1 aromatic rings. The van der Waals surface area contributed by atoms with E-state index in [-0.39, 0.29) is 16.7 Å². The maximum absolute atomic E-state index is 12.4. The Labute approximate surface area is 117 Å². The molecule has 4 aliphatic carbocycles. The first kappa shape index (κ1) is 11.8. The highest BCUT2D eigenvalue weighted by atomic mass is 35.5. The van der Waals surface area contributed by atoms with Crippen molar-refractivity contribution in [3.05, 3.63) is 23.1 Å². The van der Waals surface area contributed by atoms with Gasteiger partial charge in [0.05, 0.1) is 11.8 Å². The van der Waals surface area contributed by atoms with Gasteiger partial charge in [0.1, 0.15) is 0 Å². The van der Waals surface area contributed by atoms with Crippen LogP contribution in [0, 0.1) is 17.8 Å². The van der Waals surface area contributed by atoms with E-state index in [0.717, 1.165) is 37.0 Å². The quantitative estimate of drug-likeness (QED) is 0.898. The molecule has 0 saturated heterocycles. The van der Waals surface area contributed by atoms with E-state index in [4.69, 9.17) is 16.0 Å². The van der Waals surface area contributed by atoms with Gasteiger partial charge in [-0.15, -0.1) is 0 Å². The van der Waals surface area contributed by atoms with Crippen molar-refractivity contribution in [1.29, 1.82) is 0 Å². The smallest absolute Gasteiger partial charge is 0.256 e. The van der Waals surface area contributed by atoms with Crippen LogP contribution in [0.15, 0.2) is 16.7 Å². The largest absolute Gasteiger partial charge is 0.452 e. The Kier molecular flexibility index (Phi) is 2.50. The van der Waals surface area contributed by atoms with E-state index in [2.05, 4.69) is 5.32 Å². The third kappa shape index (κ3) is 1.90. The number of carbonyl (C=O) groups excluding carboxylic acids is 1. The van der Waals surface area contributed by atoms with Crippen molar-refractivity contribution >= 4 is 17.5 Å². The van der Waals surface area contributed by atoms with Crippen LogP contribution in [0.1, 0.15) is 48.9 Å². The molecule has 4 heteroatoms. The first-order chi connectivity index (χ1) is 9.13. The molecule has 19 heavy (non-hydrogen) atoms. The fraction of sp³-hybridized carbons (Fsp3) is 0.667. The summed E-state index contributed by atoms with van der Waals surface area (Å²) < 4.78 is 5.01. The van der Waals surface area contributed by atoms with Crippen LogP contribution >= 0.6 is 11.6 Å². The molecule has 1 aromatic heterocycles. The van der Waals surface area contributed by atoms with Crippen LogP contribution < -0.4 is 5.32 Å². The monoisotopic (exact) mass is 279 g/mol. The summed E-state index contributed by atoms with van der Waals surface area (Å²) in [5.74, 6) is 2.41. The minimum absolute atomic E-state index is 0.0342. The van der Waals surface area contributed by atoms with E-state index in [1.54, 1.807) is 6.07 Å². The maximum atomic E-state index is 12.4. The topological polar surface area (TPSA) is 42.2 Å². The fourth-order valence-corrected chi connectivity index (χ4v) is 5.23. The van der Waals surface area contributed by atoms with Crippen LogP contribution in [-0.4, -0.2) is 11.4 Å². The molecule has 0 radical (unpaired) electrons. The van der Waals surface area contributed by atoms with E-state index in [0.29, 0.717) is 5.56 Å². The number of amides is 1. The van der Waals surface area contributed by atoms with E-state index in [1.165, 1.54) is 25.5 Å². The van der Waals surface area contributed by atoms with Crippen molar-refractivity contribution in [3.63, 3.8) is 0 Å². The minimum atomic E-state index is -0.0688. The van der Waals surface area contributed by atoms with E-state index in [9.17, 15) is 4.79 Å².